The molecule has 1 amide bonds. The van der Waals surface area contributed by atoms with Crippen molar-refractivity contribution in [3.05, 3.63) is 83.9 Å². The molecule has 0 bridgehead atoms. The zero-order valence-electron chi connectivity index (χ0n) is 18.7. The zero-order chi connectivity index (χ0) is 23.4. The lowest BCUT2D eigenvalue weighted by atomic mass is 10.1. The minimum Gasteiger partial charge on any atom is -0.495 e. The third-order valence-corrected chi connectivity index (χ3v) is 7.63. The van der Waals surface area contributed by atoms with Crippen LogP contribution < -0.4 is 15.0 Å². The van der Waals surface area contributed by atoms with E-state index in [4.69, 9.17) is 4.74 Å². The summed E-state index contributed by atoms with van der Waals surface area (Å²) in [5.74, 6) is 0.0580. The second kappa shape index (κ2) is 9.64. The van der Waals surface area contributed by atoms with Crippen molar-refractivity contribution in [1.82, 2.24) is 4.31 Å². The maximum atomic E-state index is 13.3. The first-order valence-electron chi connectivity index (χ1n) is 10.7. The number of benzene rings is 3. The molecule has 1 aliphatic rings. The molecule has 1 heterocycles. The second-order valence-corrected chi connectivity index (χ2v) is 9.85. The molecule has 1 fully saturated rings. The van der Waals surface area contributed by atoms with Gasteiger partial charge in [-0.15, -0.1) is 0 Å². The maximum absolute atomic E-state index is 13.3. The Hall–Kier alpha value is -3.36. The summed E-state index contributed by atoms with van der Waals surface area (Å²) in [6.45, 7) is 3.92. The van der Waals surface area contributed by atoms with E-state index in [0.29, 0.717) is 43.2 Å². The van der Waals surface area contributed by atoms with Crippen molar-refractivity contribution in [3.63, 3.8) is 0 Å². The number of amides is 1. The Morgan fingerprint density at radius 3 is 2.21 bits per heavy atom. The predicted molar refractivity (Wildman–Crippen MR) is 130 cm³/mol. The number of hydrogen-bond donors (Lipinski definition) is 1. The van der Waals surface area contributed by atoms with E-state index in [-0.39, 0.29) is 10.8 Å². The molecule has 0 saturated carbocycles. The van der Waals surface area contributed by atoms with Gasteiger partial charge >= 0.3 is 0 Å². The molecule has 0 aliphatic carbocycles. The number of carbonyl (C=O) groups is 1. The van der Waals surface area contributed by atoms with Gasteiger partial charge in [-0.2, -0.15) is 4.31 Å². The largest absolute Gasteiger partial charge is 0.495 e. The second-order valence-electron chi connectivity index (χ2n) is 7.91. The van der Waals surface area contributed by atoms with Crippen LogP contribution in [0.15, 0.2) is 77.7 Å². The average Bonchev–Trinajstić information content (AvgIpc) is 2.85. The molecule has 7 nitrogen and oxygen atoms in total. The van der Waals surface area contributed by atoms with Crippen LogP contribution in [0.1, 0.15) is 15.9 Å². The summed E-state index contributed by atoms with van der Waals surface area (Å²) in [4.78, 5) is 15.0. The van der Waals surface area contributed by atoms with Crippen LogP contribution in [0.4, 0.5) is 11.4 Å². The van der Waals surface area contributed by atoms with Gasteiger partial charge in [-0.3, -0.25) is 4.79 Å². The monoisotopic (exact) mass is 465 g/mol. The number of anilines is 2. The van der Waals surface area contributed by atoms with Gasteiger partial charge in [-0.25, -0.2) is 8.42 Å². The SMILES string of the molecule is COc1ccc(S(=O)(=O)N2CCN(c3ccccc3)CC2)cc1NC(=O)c1ccc(C)cc1. The van der Waals surface area contributed by atoms with Gasteiger partial charge in [-0.1, -0.05) is 35.9 Å². The van der Waals surface area contributed by atoms with Crippen molar-refractivity contribution < 1.29 is 17.9 Å². The summed E-state index contributed by atoms with van der Waals surface area (Å²) < 4.78 is 33.5. The van der Waals surface area contributed by atoms with Crippen LogP contribution in [-0.4, -0.2) is 51.9 Å². The molecule has 0 atom stereocenters. The smallest absolute Gasteiger partial charge is 0.255 e. The highest BCUT2D eigenvalue weighted by Gasteiger charge is 2.29. The predicted octanol–water partition coefficient (Wildman–Crippen LogP) is 3.77. The van der Waals surface area contributed by atoms with E-state index in [0.717, 1.165) is 11.3 Å². The van der Waals surface area contributed by atoms with E-state index >= 15 is 0 Å². The molecule has 3 aromatic rings. The summed E-state index contributed by atoms with van der Waals surface area (Å²) in [6.07, 6.45) is 0. The summed E-state index contributed by atoms with van der Waals surface area (Å²) in [6, 6.07) is 21.7. The van der Waals surface area contributed by atoms with Crippen molar-refractivity contribution in [2.24, 2.45) is 0 Å². The van der Waals surface area contributed by atoms with E-state index in [1.807, 2.05) is 49.4 Å². The number of methoxy groups -OCH3 is 1. The lowest BCUT2D eigenvalue weighted by Gasteiger charge is -2.35. The Kier molecular flexibility index (Phi) is 6.67. The van der Waals surface area contributed by atoms with Gasteiger partial charge in [0.1, 0.15) is 5.75 Å². The van der Waals surface area contributed by atoms with Crippen molar-refractivity contribution in [2.45, 2.75) is 11.8 Å². The number of aryl methyl sites for hydroxylation is 1. The third-order valence-electron chi connectivity index (χ3n) is 5.73. The highest BCUT2D eigenvalue weighted by atomic mass is 32.2. The van der Waals surface area contributed by atoms with Gasteiger partial charge in [0.2, 0.25) is 10.0 Å². The molecule has 3 aromatic carbocycles. The van der Waals surface area contributed by atoms with Crippen LogP contribution in [-0.2, 0) is 10.0 Å². The Morgan fingerprint density at radius 1 is 0.909 bits per heavy atom. The fourth-order valence-corrected chi connectivity index (χ4v) is 5.27. The number of nitrogens with zero attached hydrogens (tertiary/aromatic N) is 2. The quantitative estimate of drug-likeness (QED) is 0.600. The van der Waals surface area contributed by atoms with Crippen molar-refractivity contribution in [3.8, 4) is 5.75 Å². The van der Waals surface area contributed by atoms with Crippen molar-refractivity contribution in [1.29, 1.82) is 0 Å². The van der Waals surface area contributed by atoms with Crippen LogP contribution in [0.3, 0.4) is 0 Å². The van der Waals surface area contributed by atoms with Crippen LogP contribution >= 0.6 is 0 Å². The zero-order valence-corrected chi connectivity index (χ0v) is 19.5. The topological polar surface area (TPSA) is 79.0 Å². The first-order valence-corrected chi connectivity index (χ1v) is 12.2. The van der Waals surface area contributed by atoms with Gasteiger partial charge in [0.05, 0.1) is 17.7 Å². The standard InChI is InChI=1S/C25H27N3O4S/c1-19-8-10-20(11-9-19)25(29)26-23-18-22(12-13-24(23)32-2)33(30,31)28-16-14-27(15-17-28)21-6-4-3-5-7-21/h3-13,18H,14-17H2,1-2H3,(H,26,29). The number of carbonyl (C=O) groups excluding carboxylic acids is 1. The Bertz CT molecular complexity index is 1220. The van der Waals surface area contributed by atoms with Crippen molar-refractivity contribution in [2.75, 3.05) is 43.5 Å². The van der Waals surface area contributed by atoms with Crippen LogP contribution in [0, 0.1) is 6.92 Å². The number of para-hydroxylation sites is 1. The van der Waals surface area contributed by atoms with E-state index in [1.165, 1.54) is 23.5 Å². The molecule has 1 N–H and O–H groups in total. The van der Waals surface area contributed by atoms with Gasteiger partial charge in [-0.05, 0) is 49.4 Å². The molecule has 172 valence electrons. The van der Waals surface area contributed by atoms with Gasteiger partial charge in [0.15, 0.2) is 0 Å². The van der Waals surface area contributed by atoms with E-state index in [1.54, 1.807) is 18.2 Å². The number of sulfonamides is 1. The Morgan fingerprint density at radius 2 is 1.58 bits per heavy atom. The fourth-order valence-electron chi connectivity index (χ4n) is 3.82. The summed E-state index contributed by atoms with van der Waals surface area (Å²) in [5, 5.41) is 2.79. The Balaban J connectivity index is 1.52. The molecule has 0 aromatic heterocycles. The molecule has 4 rings (SSSR count). The number of piperazine rings is 1. The fraction of sp³-hybridized carbons (Fsp3) is 0.240. The summed E-state index contributed by atoms with van der Waals surface area (Å²) >= 11 is 0. The highest BCUT2D eigenvalue weighted by molar-refractivity contribution is 7.89. The number of ether oxygens (including phenoxy) is 1. The van der Waals surface area contributed by atoms with Crippen LogP contribution in [0.2, 0.25) is 0 Å². The van der Waals surface area contributed by atoms with Gasteiger partial charge in [0, 0.05) is 37.4 Å². The number of hydrogen-bond acceptors (Lipinski definition) is 5. The summed E-state index contributed by atoms with van der Waals surface area (Å²) in [7, 11) is -2.24. The van der Waals surface area contributed by atoms with Crippen LogP contribution in [0.5, 0.6) is 5.75 Å². The highest BCUT2D eigenvalue weighted by Crippen LogP contribution is 2.30. The minimum absolute atomic E-state index is 0.121. The molecule has 0 spiro atoms. The molecular weight excluding hydrogens is 438 g/mol. The van der Waals surface area contributed by atoms with Crippen LogP contribution in [0.25, 0.3) is 0 Å². The first kappa shape index (κ1) is 22.8. The molecule has 1 saturated heterocycles. The Labute approximate surface area is 194 Å². The third kappa shape index (κ3) is 5.02. The van der Waals surface area contributed by atoms with E-state index in [2.05, 4.69) is 10.2 Å². The van der Waals surface area contributed by atoms with Crippen molar-refractivity contribution >= 4 is 27.3 Å². The molecular formula is C25H27N3O4S. The molecule has 33 heavy (non-hydrogen) atoms. The lowest BCUT2D eigenvalue weighted by molar-refractivity contribution is 0.102. The number of nitrogens with one attached hydrogen (secondary N) is 1. The lowest BCUT2D eigenvalue weighted by Crippen LogP contribution is -2.48. The van der Waals surface area contributed by atoms with Gasteiger partial charge < -0.3 is 15.0 Å². The normalized spacial score (nSPS) is 14.7. The van der Waals surface area contributed by atoms with E-state index in [9.17, 15) is 13.2 Å². The first-order chi connectivity index (χ1) is 15.9. The molecule has 0 unspecified atom stereocenters. The summed E-state index contributed by atoms with van der Waals surface area (Å²) in [5.41, 5.74) is 2.92. The molecule has 1 aliphatic heterocycles. The maximum Gasteiger partial charge on any atom is 0.255 e. The van der Waals surface area contributed by atoms with E-state index < -0.39 is 10.0 Å². The average molecular weight is 466 g/mol. The number of rotatable bonds is 6. The molecule has 8 heteroatoms. The molecule has 0 radical (unpaired) electrons. The minimum atomic E-state index is -3.72. The van der Waals surface area contributed by atoms with Gasteiger partial charge in [0.25, 0.3) is 5.91 Å².